The summed E-state index contributed by atoms with van der Waals surface area (Å²) in [6.07, 6.45) is 1.59. The van der Waals surface area contributed by atoms with Crippen molar-refractivity contribution < 1.29 is 9.63 Å². The summed E-state index contributed by atoms with van der Waals surface area (Å²) in [4.78, 5) is 22.7. The Kier molecular flexibility index (Phi) is 5.08. The van der Waals surface area contributed by atoms with Crippen LogP contribution in [0.1, 0.15) is 17.4 Å². The van der Waals surface area contributed by atoms with Crippen LogP contribution in [0.25, 0.3) is 0 Å². The molecule has 114 valence electrons. The van der Waals surface area contributed by atoms with Crippen molar-refractivity contribution in [3.8, 4) is 0 Å². The van der Waals surface area contributed by atoms with Crippen molar-refractivity contribution in [2.24, 2.45) is 5.16 Å². The molecule has 1 heterocycles. The predicted octanol–water partition coefficient (Wildman–Crippen LogP) is 2.75. The largest absolute Gasteiger partial charge is 0.398 e. The molecule has 0 radical (unpaired) electrons. The Morgan fingerprint density at radius 2 is 1.95 bits per heavy atom. The zero-order chi connectivity index (χ0) is 15.9. The highest BCUT2D eigenvalue weighted by Gasteiger charge is 2.08. The van der Waals surface area contributed by atoms with Gasteiger partial charge in [0.1, 0.15) is 18.6 Å². The van der Waals surface area contributed by atoms with Crippen molar-refractivity contribution in [2.45, 2.75) is 6.92 Å². The van der Waals surface area contributed by atoms with Crippen LogP contribution in [0.2, 0.25) is 0 Å². The number of rotatable bonds is 4. The molecular formula is C16H18N4O2. The molecule has 0 saturated carbocycles. The van der Waals surface area contributed by atoms with E-state index in [0.29, 0.717) is 11.4 Å². The number of amides is 1. The number of hydrogen-bond acceptors (Lipinski definition) is 4. The van der Waals surface area contributed by atoms with Gasteiger partial charge in [0, 0.05) is 24.6 Å². The highest BCUT2D eigenvalue weighted by atomic mass is 16.6. The quantitative estimate of drug-likeness (QED) is 0.535. The monoisotopic (exact) mass is 298 g/mol. The van der Waals surface area contributed by atoms with E-state index in [1.807, 2.05) is 43.1 Å². The maximum absolute atomic E-state index is 12.0. The second-order valence-electron chi connectivity index (χ2n) is 4.60. The molecule has 0 atom stereocenters. The number of nitrogens with one attached hydrogen (secondary N) is 1. The van der Waals surface area contributed by atoms with Crippen LogP contribution in [-0.2, 0) is 4.84 Å². The predicted molar refractivity (Wildman–Crippen MR) is 87.2 cm³/mol. The molecule has 0 unspecified atom stereocenters. The summed E-state index contributed by atoms with van der Waals surface area (Å²) >= 11 is 0. The van der Waals surface area contributed by atoms with Crippen LogP contribution in [0.5, 0.6) is 0 Å². The third-order valence-electron chi connectivity index (χ3n) is 3.12. The lowest BCUT2D eigenvalue weighted by Crippen LogP contribution is -2.23. The van der Waals surface area contributed by atoms with Crippen LogP contribution in [0.3, 0.4) is 0 Å². The third-order valence-corrected chi connectivity index (χ3v) is 3.12. The molecule has 1 aromatic carbocycles. The van der Waals surface area contributed by atoms with Gasteiger partial charge in [0.15, 0.2) is 0 Å². The summed E-state index contributed by atoms with van der Waals surface area (Å²) in [6.45, 7) is 1.85. The summed E-state index contributed by atoms with van der Waals surface area (Å²) in [7, 11) is 3.40. The number of benzene rings is 1. The lowest BCUT2D eigenvalue weighted by Gasteiger charge is -2.18. The molecule has 0 aliphatic carbocycles. The number of nitrogens with zero attached hydrogens (tertiary/aromatic N) is 3. The van der Waals surface area contributed by atoms with E-state index in [2.05, 4.69) is 15.5 Å². The number of anilines is 2. The Balaban J connectivity index is 2.06. The molecule has 22 heavy (non-hydrogen) atoms. The highest BCUT2D eigenvalue weighted by Crippen LogP contribution is 2.17. The normalized spacial score (nSPS) is 11.0. The topological polar surface area (TPSA) is 66.8 Å². The summed E-state index contributed by atoms with van der Waals surface area (Å²) in [5.74, 6) is 0.492. The maximum Gasteiger partial charge on any atom is 0.274 e. The minimum atomic E-state index is -0.237. The van der Waals surface area contributed by atoms with E-state index in [0.717, 1.165) is 11.5 Å². The number of amidine groups is 1. The number of carbonyl (C=O) groups excluding carboxylic acids is 1. The van der Waals surface area contributed by atoms with Gasteiger partial charge in [-0.15, -0.1) is 0 Å². The average molecular weight is 298 g/mol. The molecule has 1 aromatic heterocycles. The molecule has 2 aromatic rings. The van der Waals surface area contributed by atoms with E-state index in [1.54, 1.807) is 24.4 Å². The molecular weight excluding hydrogens is 280 g/mol. The first-order valence-corrected chi connectivity index (χ1v) is 6.75. The first kappa shape index (κ1) is 15.5. The average Bonchev–Trinajstić information content (AvgIpc) is 2.56. The minimum Gasteiger partial charge on any atom is -0.398 e. The highest BCUT2D eigenvalue weighted by molar-refractivity contribution is 6.03. The van der Waals surface area contributed by atoms with Gasteiger partial charge in [0.2, 0.25) is 0 Å². The van der Waals surface area contributed by atoms with Gasteiger partial charge in [-0.2, -0.15) is 0 Å². The Hall–Kier alpha value is -2.89. The molecule has 0 fully saturated rings. The fraction of sp³-hybridized carbons (Fsp3) is 0.188. The fourth-order valence-corrected chi connectivity index (χ4v) is 1.84. The van der Waals surface area contributed by atoms with E-state index in [1.165, 1.54) is 7.11 Å². The second-order valence-corrected chi connectivity index (χ2v) is 4.60. The third kappa shape index (κ3) is 3.82. The molecule has 0 aliphatic heterocycles. The van der Waals surface area contributed by atoms with Gasteiger partial charge in [-0.25, -0.2) is 0 Å². The van der Waals surface area contributed by atoms with E-state index in [4.69, 9.17) is 4.84 Å². The van der Waals surface area contributed by atoms with Crippen LogP contribution in [0.15, 0.2) is 53.8 Å². The SMILES string of the molecule is CON=C(C)N(C)c1ccc(NC(=O)c2ccccn2)cc1. The Morgan fingerprint density at radius 3 is 2.55 bits per heavy atom. The first-order valence-electron chi connectivity index (χ1n) is 6.75. The molecule has 1 N–H and O–H groups in total. The van der Waals surface area contributed by atoms with Crippen LogP contribution in [-0.4, -0.2) is 30.9 Å². The van der Waals surface area contributed by atoms with Gasteiger partial charge in [0.25, 0.3) is 5.91 Å². The van der Waals surface area contributed by atoms with Crippen molar-refractivity contribution in [3.05, 3.63) is 54.4 Å². The summed E-state index contributed by atoms with van der Waals surface area (Å²) in [6, 6.07) is 12.6. The van der Waals surface area contributed by atoms with Gasteiger partial charge in [0.05, 0.1) is 0 Å². The van der Waals surface area contributed by atoms with Crippen molar-refractivity contribution >= 4 is 23.1 Å². The zero-order valence-corrected chi connectivity index (χ0v) is 12.8. The first-order chi connectivity index (χ1) is 10.6. The molecule has 6 nitrogen and oxygen atoms in total. The van der Waals surface area contributed by atoms with Crippen LogP contribution in [0.4, 0.5) is 11.4 Å². The Morgan fingerprint density at radius 1 is 1.23 bits per heavy atom. The van der Waals surface area contributed by atoms with Gasteiger partial charge in [-0.05, 0) is 43.3 Å². The van der Waals surface area contributed by atoms with E-state index in [9.17, 15) is 4.79 Å². The standard InChI is InChI=1S/C16H18N4O2/c1-12(19-22-3)20(2)14-9-7-13(8-10-14)18-16(21)15-6-4-5-11-17-15/h4-11H,1-3H3,(H,18,21). The number of oxime groups is 1. The molecule has 0 saturated heterocycles. The van der Waals surface area contributed by atoms with E-state index >= 15 is 0 Å². The van der Waals surface area contributed by atoms with Crippen molar-refractivity contribution in [3.63, 3.8) is 0 Å². The number of pyridine rings is 1. The van der Waals surface area contributed by atoms with Crippen molar-refractivity contribution in [1.82, 2.24) is 4.98 Å². The second kappa shape index (κ2) is 7.21. The Labute approximate surface area is 129 Å². The van der Waals surface area contributed by atoms with Crippen molar-refractivity contribution in [1.29, 1.82) is 0 Å². The Bertz CT molecular complexity index is 654. The number of hydrogen-bond donors (Lipinski definition) is 1. The molecule has 1 amide bonds. The molecule has 0 bridgehead atoms. The number of carbonyl (C=O) groups is 1. The lowest BCUT2D eigenvalue weighted by molar-refractivity contribution is 0.102. The van der Waals surface area contributed by atoms with Crippen molar-refractivity contribution in [2.75, 3.05) is 24.4 Å². The van der Waals surface area contributed by atoms with E-state index in [-0.39, 0.29) is 5.91 Å². The molecule has 0 aliphatic rings. The van der Waals surface area contributed by atoms with Gasteiger partial charge < -0.3 is 15.1 Å². The zero-order valence-electron chi connectivity index (χ0n) is 12.8. The summed E-state index contributed by atoms with van der Waals surface area (Å²) in [5.41, 5.74) is 2.02. The lowest BCUT2D eigenvalue weighted by atomic mass is 10.2. The van der Waals surface area contributed by atoms with Crippen LogP contribution < -0.4 is 10.2 Å². The molecule has 0 spiro atoms. The van der Waals surface area contributed by atoms with Crippen LogP contribution >= 0.6 is 0 Å². The van der Waals surface area contributed by atoms with Gasteiger partial charge in [-0.1, -0.05) is 11.2 Å². The number of aromatic nitrogens is 1. The van der Waals surface area contributed by atoms with Crippen LogP contribution in [0, 0.1) is 0 Å². The summed E-state index contributed by atoms with van der Waals surface area (Å²) < 4.78 is 0. The smallest absolute Gasteiger partial charge is 0.274 e. The maximum atomic E-state index is 12.0. The van der Waals surface area contributed by atoms with E-state index < -0.39 is 0 Å². The minimum absolute atomic E-state index is 0.237. The van der Waals surface area contributed by atoms with Gasteiger partial charge >= 0.3 is 0 Å². The fourth-order valence-electron chi connectivity index (χ4n) is 1.84. The summed E-state index contributed by atoms with van der Waals surface area (Å²) in [5, 5.41) is 6.68. The molecule has 2 rings (SSSR count). The van der Waals surface area contributed by atoms with Gasteiger partial charge in [-0.3, -0.25) is 9.78 Å². The molecule has 6 heteroatoms.